The van der Waals surface area contributed by atoms with Crippen molar-refractivity contribution in [3.8, 4) is 0 Å². The van der Waals surface area contributed by atoms with Gasteiger partial charge in [0.1, 0.15) is 0 Å². The zero-order valence-corrected chi connectivity index (χ0v) is 16.2. The highest BCUT2D eigenvalue weighted by Crippen LogP contribution is 2.24. The maximum absolute atomic E-state index is 10.0. The van der Waals surface area contributed by atoms with Crippen molar-refractivity contribution >= 4 is 0 Å². The predicted octanol–water partition coefficient (Wildman–Crippen LogP) is 3.98. The van der Waals surface area contributed by atoms with Crippen molar-refractivity contribution in [2.75, 3.05) is 13.2 Å². The average Bonchev–Trinajstić information content (AvgIpc) is 2.84. The van der Waals surface area contributed by atoms with Crippen LogP contribution in [0.3, 0.4) is 0 Å². The molecule has 0 bridgehead atoms. The fourth-order valence-corrected chi connectivity index (χ4v) is 3.18. The van der Waals surface area contributed by atoms with Gasteiger partial charge in [0, 0.05) is 13.0 Å². The highest BCUT2D eigenvalue weighted by molar-refractivity contribution is 5.36. The summed E-state index contributed by atoms with van der Waals surface area (Å²) in [6.07, 6.45) is 4.71. The Morgan fingerprint density at radius 2 is 1.96 bits per heavy atom. The second kappa shape index (κ2) is 8.95. The van der Waals surface area contributed by atoms with Crippen LogP contribution in [0.5, 0.6) is 0 Å². The highest BCUT2D eigenvalue weighted by atomic mass is 16.7. The molecule has 0 unspecified atom stereocenters. The van der Waals surface area contributed by atoms with E-state index in [1.165, 1.54) is 22.3 Å². The summed E-state index contributed by atoms with van der Waals surface area (Å²) in [6, 6.07) is 4.36. The molecule has 1 fully saturated rings. The Balaban J connectivity index is 1.66. The van der Waals surface area contributed by atoms with E-state index in [2.05, 4.69) is 32.9 Å². The van der Waals surface area contributed by atoms with Gasteiger partial charge in [-0.15, -0.1) is 0 Å². The Hall–Kier alpha value is -1.20. The van der Waals surface area contributed by atoms with Crippen LogP contribution in [0.25, 0.3) is 0 Å². The maximum Gasteiger partial charge on any atom is 0.163 e. The summed E-state index contributed by atoms with van der Waals surface area (Å²) >= 11 is 0. The second-order valence-electron chi connectivity index (χ2n) is 7.40. The number of hydrogen-bond donors (Lipinski definition) is 1. The summed E-state index contributed by atoms with van der Waals surface area (Å²) < 4.78 is 17.0. The molecule has 0 aromatic heterocycles. The minimum absolute atomic E-state index is 0.0715. The first-order valence-electron chi connectivity index (χ1n) is 9.08. The summed E-state index contributed by atoms with van der Waals surface area (Å²) in [7, 11) is 0. The van der Waals surface area contributed by atoms with Gasteiger partial charge in [0.05, 0.1) is 25.4 Å². The van der Waals surface area contributed by atoms with Crippen LogP contribution in [0.1, 0.15) is 48.9 Å². The molecule has 4 heteroatoms. The van der Waals surface area contributed by atoms with Crippen LogP contribution in [0, 0.1) is 20.8 Å². The zero-order valence-electron chi connectivity index (χ0n) is 16.2. The lowest BCUT2D eigenvalue weighted by atomic mass is 10.0. The third-order valence-corrected chi connectivity index (χ3v) is 4.47. The molecule has 2 rings (SSSR count). The van der Waals surface area contributed by atoms with Gasteiger partial charge in [0.25, 0.3) is 0 Å². The molecule has 1 N–H and O–H groups in total. The summed E-state index contributed by atoms with van der Waals surface area (Å²) in [5, 5.41) is 10.0. The average molecular weight is 348 g/mol. The Morgan fingerprint density at radius 1 is 1.28 bits per heavy atom. The van der Waals surface area contributed by atoms with Crippen LogP contribution in [0.15, 0.2) is 24.3 Å². The van der Waals surface area contributed by atoms with Crippen molar-refractivity contribution in [3.63, 3.8) is 0 Å². The van der Waals surface area contributed by atoms with Gasteiger partial charge >= 0.3 is 0 Å². The van der Waals surface area contributed by atoms with E-state index in [1.807, 2.05) is 26.0 Å². The van der Waals surface area contributed by atoms with E-state index < -0.39 is 11.9 Å². The molecule has 0 spiro atoms. The number of rotatable bonds is 8. The fourth-order valence-electron chi connectivity index (χ4n) is 3.18. The first-order valence-corrected chi connectivity index (χ1v) is 9.08. The van der Waals surface area contributed by atoms with Crippen LogP contribution in [0.4, 0.5) is 0 Å². The van der Waals surface area contributed by atoms with E-state index in [1.54, 1.807) is 0 Å². The molecule has 0 saturated carbocycles. The number of aliphatic hydroxyl groups excluding tert-OH is 1. The molecule has 4 nitrogen and oxygen atoms in total. The van der Waals surface area contributed by atoms with Gasteiger partial charge in [-0.2, -0.15) is 0 Å². The molecule has 1 aromatic rings. The quantitative estimate of drug-likeness (QED) is 0.570. The second-order valence-corrected chi connectivity index (χ2v) is 7.40. The molecule has 0 aliphatic carbocycles. The number of aryl methyl sites for hydroxylation is 3. The summed E-state index contributed by atoms with van der Waals surface area (Å²) in [5.41, 5.74) is 5.05. The molecule has 1 aromatic carbocycles. The molecule has 2 atom stereocenters. The Morgan fingerprint density at radius 3 is 2.56 bits per heavy atom. The minimum Gasteiger partial charge on any atom is -0.389 e. The topological polar surface area (TPSA) is 47.9 Å². The molecule has 1 aliphatic rings. The summed E-state index contributed by atoms with van der Waals surface area (Å²) in [5.74, 6) is -0.489. The summed E-state index contributed by atoms with van der Waals surface area (Å²) in [6.45, 7) is 11.9. The molecule has 25 heavy (non-hydrogen) atoms. The molecule has 1 aliphatic heterocycles. The Kier molecular flexibility index (Phi) is 7.20. The number of aliphatic hydroxyl groups is 1. The van der Waals surface area contributed by atoms with E-state index in [9.17, 15) is 5.11 Å². The van der Waals surface area contributed by atoms with Gasteiger partial charge in [0.15, 0.2) is 5.79 Å². The first-order chi connectivity index (χ1) is 11.8. The SMILES string of the molecule is Cc1cc(C)c(COCC[C@H](O)/C=C\C[C@H]2COC(C)(C)O2)c(C)c1. The van der Waals surface area contributed by atoms with E-state index >= 15 is 0 Å². The van der Waals surface area contributed by atoms with Gasteiger partial charge in [-0.3, -0.25) is 0 Å². The van der Waals surface area contributed by atoms with Crippen molar-refractivity contribution in [2.45, 2.75) is 72.1 Å². The maximum atomic E-state index is 10.0. The fraction of sp³-hybridized carbons (Fsp3) is 0.619. The Labute approximate surface area is 151 Å². The lowest BCUT2D eigenvalue weighted by molar-refractivity contribution is -0.137. The monoisotopic (exact) mass is 348 g/mol. The van der Waals surface area contributed by atoms with E-state index in [0.717, 1.165) is 6.42 Å². The predicted molar refractivity (Wildman–Crippen MR) is 99.6 cm³/mol. The lowest BCUT2D eigenvalue weighted by Gasteiger charge is -2.16. The normalized spacial score (nSPS) is 21.1. The van der Waals surface area contributed by atoms with Gasteiger partial charge in [-0.25, -0.2) is 0 Å². The Bertz CT molecular complexity index is 569. The molecule has 0 radical (unpaired) electrons. The molecular formula is C21H32O4. The standard InChI is InChI=1S/C21H32O4/c1-15-11-16(2)20(17(3)12-15)14-23-10-9-18(22)7-6-8-19-13-24-21(4,5)25-19/h6-7,11-12,18-19,22H,8-10,13-14H2,1-5H3/b7-6-/t18-,19+/m1/s1. The third-order valence-electron chi connectivity index (χ3n) is 4.47. The first kappa shape index (κ1) is 20.1. The van der Waals surface area contributed by atoms with Crippen molar-refractivity contribution in [3.05, 3.63) is 46.5 Å². The van der Waals surface area contributed by atoms with Crippen molar-refractivity contribution in [2.24, 2.45) is 0 Å². The van der Waals surface area contributed by atoms with Crippen molar-refractivity contribution < 1.29 is 19.3 Å². The zero-order chi connectivity index (χ0) is 18.4. The van der Waals surface area contributed by atoms with Gasteiger partial charge in [0.2, 0.25) is 0 Å². The summed E-state index contributed by atoms with van der Waals surface area (Å²) in [4.78, 5) is 0. The van der Waals surface area contributed by atoms with Crippen molar-refractivity contribution in [1.29, 1.82) is 0 Å². The molecule has 140 valence electrons. The molecule has 0 amide bonds. The van der Waals surface area contributed by atoms with E-state index in [4.69, 9.17) is 14.2 Å². The van der Waals surface area contributed by atoms with Crippen LogP contribution in [0.2, 0.25) is 0 Å². The van der Waals surface area contributed by atoms with Gasteiger partial charge in [-0.05, 0) is 57.7 Å². The van der Waals surface area contributed by atoms with Crippen LogP contribution in [-0.4, -0.2) is 36.3 Å². The van der Waals surface area contributed by atoms with Gasteiger partial charge < -0.3 is 19.3 Å². The van der Waals surface area contributed by atoms with E-state index in [0.29, 0.717) is 26.2 Å². The molecular weight excluding hydrogens is 316 g/mol. The van der Waals surface area contributed by atoms with Crippen molar-refractivity contribution in [1.82, 2.24) is 0 Å². The van der Waals surface area contributed by atoms with E-state index in [-0.39, 0.29) is 6.10 Å². The van der Waals surface area contributed by atoms with Gasteiger partial charge in [-0.1, -0.05) is 29.8 Å². The number of hydrogen-bond acceptors (Lipinski definition) is 4. The van der Waals surface area contributed by atoms with Crippen LogP contribution in [-0.2, 0) is 20.8 Å². The number of benzene rings is 1. The van der Waals surface area contributed by atoms with Crippen LogP contribution < -0.4 is 0 Å². The molecule has 1 saturated heterocycles. The number of ether oxygens (including phenoxy) is 3. The largest absolute Gasteiger partial charge is 0.389 e. The molecule has 1 heterocycles. The minimum atomic E-state index is -0.490. The lowest BCUT2D eigenvalue weighted by Crippen LogP contribution is -2.21. The highest BCUT2D eigenvalue weighted by Gasteiger charge is 2.31. The smallest absolute Gasteiger partial charge is 0.163 e. The van der Waals surface area contributed by atoms with Crippen LogP contribution >= 0.6 is 0 Å². The third kappa shape index (κ3) is 6.55.